The van der Waals surface area contributed by atoms with Crippen LogP contribution < -0.4 is 0 Å². The summed E-state index contributed by atoms with van der Waals surface area (Å²) in [5.74, 6) is 1.76. The summed E-state index contributed by atoms with van der Waals surface area (Å²) >= 11 is -0.680. The van der Waals surface area contributed by atoms with Crippen LogP contribution in [0.4, 0.5) is 0 Å². The predicted molar refractivity (Wildman–Crippen MR) is 96.8 cm³/mol. The van der Waals surface area contributed by atoms with E-state index in [1.807, 2.05) is 4.44 Å². The molecular formula is C19H39Al. The average molecular weight is 295 g/mol. The fourth-order valence-electron chi connectivity index (χ4n) is 3.20. The predicted octanol–water partition coefficient (Wildman–Crippen LogP) is 7.03. The first-order valence-corrected chi connectivity index (χ1v) is 11.4. The molecule has 0 aromatic heterocycles. The topological polar surface area (TPSA) is 0 Å². The van der Waals surface area contributed by atoms with E-state index in [2.05, 4.69) is 47.6 Å². The second-order valence-corrected chi connectivity index (χ2v) is 10.4. The van der Waals surface area contributed by atoms with Crippen LogP contribution in [0.5, 0.6) is 0 Å². The highest BCUT2D eigenvalue weighted by atomic mass is 27.2. The molecule has 0 atom stereocenters. The Morgan fingerprint density at radius 1 is 0.850 bits per heavy atom. The van der Waals surface area contributed by atoms with Crippen molar-refractivity contribution in [2.75, 3.05) is 0 Å². The van der Waals surface area contributed by atoms with E-state index in [4.69, 9.17) is 0 Å². The molecule has 0 bridgehead atoms. The Labute approximate surface area is 133 Å². The lowest BCUT2D eigenvalue weighted by Gasteiger charge is -2.20. The molecule has 0 N–H and O–H groups in total. The Balaban J connectivity index is 4.43. The normalized spacial score (nSPS) is 12.5. The fourth-order valence-corrected chi connectivity index (χ4v) is 7.46. The number of hydrogen-bond donors (Lipinski definition) is 0. The lowest BCUT2D eigenvalue weighted by molar-refractivity contribution is 0.631. The van der Waals surface area contributed by atoms with Gasteiger partial charge in [-0.15, -0.1) is 10.5 Å². The first-order chi connectivity index (χ1) is 9.51. The summed E-state index contributed by atoms with van der Waals surface area (Å²) < 4.78 is 1.91. The second kappa shape index (κ2) is 13.0. The Morgan fingerprint density at radius 3 is 1.85 bits per heavy atom. The van der Waals surface area contributed by atoms with Gasteiger partial charge in [-0.25, -0.2) is 0 Å². The van der Waals surface area contributed by atoms with Gasteiger partial charge in [0.1, 0.15) is 0 Å². The van der Waals surface area contributed by atoms with E-state index in [-0.39, 0.29) is 0 Å². The highest BCUT2D eigenvalue weighted by Crippen LogP contribution is 2.25. The summed E-state index contributed by atoms with van der Waals surface area (Å²) in [4.78, 5) is 0. The summed E-state index contributed by atoms with van der Waals surface area (Å²) in [6.45, 7) is 14.2. The molecule has 0 fully saturated rings. The van der Waals surface area contributed by atoms with Gasteiger partial charge in [0.2, 0.25) is 0 Å². The molecular weight excluding hydrogens is 255 g/mol. The molecule has 0 heterocycles. The number of unbranched alkanes of at least 4 members (excludes halogenated alkanes) is 4. The van der Waals surface area contributed by atoms with Gasteiger partial charge in [0.05, 0.1) is 0 Å². The molecule has 0 aliphatic rings. The Morgan fingerprint density at radius 2 is 1.40 bits per heavy atom. The van der Waals surface area contributed by atoms with Crippen molar-refractivity contribution < 1.29 is 0 Å². The van der Waals surface area contributed by atoms with Gasteiger partial charge in [-0.05, 0) is 12.8 Å². The van der Waals surface area contributed by atoms with Crippen molar-refractivity contribution >= 4 is 14.1 Å². The molecule has 20 heavy (non-hydrogen) atoms. The van der Waals surface area contributed by atoms with Crippen LogP contribution in [0, 0.1) is 11.8 Å². The van der Waals surface area contributed by atoms with Crippen LogP contribution >= 0.6 is 0 Å². The van der Waals surface area contributed by atoms with Crippen LogP contribution in [-0.2, 0) is 0 Å². The maximum absolute atomic E-state index is 2.60. The van der Waals surface area contributed by atoms with Crippen molar-refractivity contribution in [1.82, 2.24) is 0 Å². The minimum Gasteiger partial charge on any atom is -0.134 e. The van der Waals surface area contributed by atoms with E-state index in [0.29, 0.717) is 0 Å². The first-order valence-electron chi connectivity index (χ1n) is 9.20. The highest BCUT2D eigenvalue weighted by molar-refractivity contribution is 6.66. The molecule has 118 valence electrons. The van der Waals surface area contributed by atoms with Gasteiger partial charge in [0.25, 0.3) is 14.1 Å². The second-order valence-electron chi connectivity index (χ2n) is 7.31. The Hall–Kier alpha value is 0.272. The highest BCUT2D eigenvalue weighted by Gasteiger charge is 2.23. The van der Waals surface area contributed by atoms with Crippen molar-refractivity contribution in [3.8, 4) is 0 Å². The van der Waals surface area contributed by atoms with E-state index in [1.165, 1.54) is 55.5 Å². The van der Waals surface area contributed by atoms with Gasteiger partial charge in [0, 0.05) is 0 Å². The van der Waals surface area contributed by atoms with Gasteiger partial charge >= 0.3 is 0 Å². The van der Waals surface area contributed by atoms with Gasteiger partial charge < -0.3 is 0 Å². The standard InChI is InChI=1S/C11H21.2C4H9.Al/c1-3-5-7-9-11-10-8-6-4-2;2*1-4(2)3;/h5H,3-4,6,8-11H2,1-2H3;2*4H,1H2,2-3H3;. The Kier molecular flexibility index (Phi) is 13.1. The van der Waals surface area contributed by atoms with Gasteiger partial charge in [-0.1, -0.05) is 96.0 Å². The fraction of sp³-hybridized carbons (Fsp3) is 0.895. The lowest BCUT2D eigenvalue weighted by atomic mass is 10.1. The molecule has 0 saturated heterocycles. The smallest absolute Gasteiger partial charge is 0.134 e. The van der Waals surface area contributed by atoms with Crippen LogP contribution in [0.3, 0.4) is 0 Å². The van der Waals surface area contributed by atoms with E-state index in [9.17, 15) is 0 Å². The van der Waals surface area contributed by atoms with Crippen LogP contribution in [-0.4, -0.2) is 14.1 Å². The number of allylic oxidation sites excluding steroid dienone is 2. The maximum Gasteiger partial charge on any atom is 0.299 e. The molecule has 0 saturated carbocycles. The molecule has 0 aromatic rings. The molecule has 0 nitrogen and oxygen atoms in total. The van der Waals surface area contributed by atoms with E-state index in [1.54, 1.807) is 0 Å². The molecule has 1 heteroatoms. The molecule has 0 aliphatic heterocycles. The molecule has 0 aromatic carbocycles. The van der Waals surface area contributed by atoms with E-state index in [0.717, 1.165) is 11.8 Å². The largest absolute Gasteiger partial charge is 0.299 e. The quantitative estimate of drug-likeness (QED) is 0.268. The SMILES string of the molecule is CC/C=[C](\CCCCCCC)[Al]([CH2]C(C)C)[CH2]C(C)C. The van der Waals surface area contributed by atoms with E-state index < -0.39 is 14.1 Å². The molecule has 0 spiro atoms. The minimum atomic E-state index is -0.680. The zero-order valence-corrected chi connectivity index (χ0v) is 16.3. The molecule has 0 rings (SSSR count). The molecule has 0 unspecified atom stereocenters. The minimum absolute atomic E-state index is 0.680. The van der Waals surface area contributed by atoms with Crippen molar-refractivity contribution in [2.24, 2.45) is 11.8 Å². The third-order valence-electron chi connectivity index (χ3n) is 4.07. The summed E-state index contributed by atoms with van der Waals surface area (Å²) in [5.41, 5.74) is 0. The van der Waals surface area contributed by atoms with Crippen molar-refractivity contribution in [3.05, 3.63) is 10.5 Å². The number of rotatable bonds is 12. The zero-order valence-electron chi connectivity index (χ0n) is 15.2. The van der Waals surface area contributed by atoms with Crippen LogP contribution in [0.1, 0.15) is 86.5 Å². The summed E-state index contributed by atoms with van der Waals surface area (Å²) in [7, 11) is 0. The third kappa shape index (κ3) is 11.0. The van der Waals surface area contributed by atoms with Crippen LogP contribution in [0.25, 0.3) is 0 Å². The molecule has 0 radical (unpaired) electrons. The maximum atomic E-state index is 2.60. The third-order valence-corrected chi connectivity index (χ3v) is 8.67. The summed E-state index contributed by atoms with van der Waals surface area (Å²) in [6, 6.07) is 0. The average Bonchev–Trinajstić information content (AvgIpc) is 2.35. The van der Waals surface area contributed by atoms with Crippen molar-refractivity contribution in [3.63, 3.8) is 0 Å². The van der Waals surface area contributed by atoms with Gasteiger partial charge in [0.15, 0.2) is 0 Å². The molecule has 0 aliphatic carbocycles. The first kappa shape index (κ1) is 20.3. The lowest BCUT2D eigenvalue weighted by Crippen LogP contribution is -2.21. The summed E-state index contributed by atoms with van der Waals surface area (Å²) in [5, 5.41) is 3.03. The summed E-state index contributed by atoms with van der Waals surface area (Å²) in [6.07, 6.45) is 12.3. The van der Waals surface area contributed by atoms with E-state index >= 15 is 0 Å². The zero-order chi connectivity index (χ0) is 15.4. The van der Waals surface area contributed by atoms with Crippen molar-refractivity contribution in [1.29, 1.82) is 0 Å². The number of hydrogen-bond acceptors (Lipinski definition) is 0. The van der Waals surface area contributed by atoms with Crippen molar-refractivity contribution in [2.45, 2.75) is 97.1 Å². The molecule has 0 amide bonds. The van der Waals surface area contributed by atoms with Crippen LogP contribution in [0.2, 0.25) is 10.6 Å². The van der Waals surface area contributed by atoms with Crippen LogP contribution in [0.15, 0.2) is 10.5 Å². The Bertz CT molecular complexity index is 230. The monoisotopic (exact) mass is 294 g/mol. The van der Waals surface area contributed by atoms with Gasteiger partial charge in [-0.3, -0.25) is 0 Å². The van der Waals surface area contributed by atoms with Gasteiger partial charge in [-0.2, -0.15) is 0 Å².